The topological polar surface area (TPSA) is 54.0 Å². The minimum absolute atomic E-state index is 0.0461. The molecule has 4 nitrogen and oxygen atoms in total. The number of carbonyl (C=O) groups excluding carboxylic acids is 1. The number of aromatic nitrogens is 1. The molecule has 0 fully saturated rings. The van der Waals surface area contributed by atoms with Gasteiger partial charge in [-0.15, -0.1) is 0 Å². The Labute approximate surface area is 228 Å². The number of hydrogen-bond donors (Lipinski definition) is 2. The summed E-state index contributed by atoms with van der Waals surface area (Å²) in [6.07, 6.45) is -9.46. The lowest BCUT2D eigenvalue weighted by Gasteiger charge is -2.37. The molecule has 208 valence electrons. The number of rotatable bonds is 6. The Hall–Kier alpha value is -4.12. The van der Waals surface area contributed by atoms with Gasteiger partial charge in [-0.3, -0.25) is 4.98 Å². The number of halogens is 8. The van der Waals surface area contributed by atoms with Gasteiger partial charge in [0.1, 0.15) is 11.4 Å². The highest BCUT2D eigenvalue weighted by molar-refractivity contribution is 6.30. The Morgan fingerprint density at radius 1 is 0.800 bits per heavy atom. The molecule has 0 spiro atoms. The molecule has 4 aromatic rings. The van der Waals surface area contributed by atoms with Crippen molar-refractivity contribution in [2.45, 2.75) is 24.3 Å². The maximum absolute atomic E-state index is 14.4. The number of urea groups is 1. The number of alkyl halides is 6. The van der Waals surface area contributed by atoms with E-state index < -0.39 is 52.9 Å². The van der Waals surface area contributed by atoms with E-state index in [2.05, 4.69) is 15.6 Å². The number of amides is 2. The fraction of sp³-hybridized carbons (Fsp3) is 0.143. The fourth-order valence-corrected chi connectivity index (χ4v) is 4.38. The van der Waals surface area contributed by atoms with E-state index in [1.165, 1.54) is 36.4 Å². The van der Waals surface area contributed by atoms with Crippen LogP contribution >= 0.6 is 11.6 Å². The molecule has 2 N–H and O–H groups in total. The molecule has 1 aromatic heterocycles. The van der Waals surface area contributed by atoms with Gasteiger partial charge in [0.15, 0.2) is 0 Å². The quantitative estimate of drug-likeness (QED) is 0.225. The van der Waals surface area contributed by atoms with Crippen molar-refractivity contribution in [2.24, 2.45) is 0 Å². The molecule has 1 atom stereocenters. The van der Waals surface area contributed by atoms with Crippen LogP contribution in [0, 0.1) is 5.82 Å². The van der Waals surface area contributed by atoms with Crippen LogP contribution in [0.2, 0.25) is 5.02 Å². The second-order valence-corrected chi connectivity index (χ2v) is 9.21. The molecule has 12 heteroatoms. The summed E-state index contributed by atoms with van der Waals surface area (Å²) in [4.78, 5) is 17.4. The van der Waals surface area contributed by atoms with Crippen LogP contribution in [-0.4, -0.2) is 11.0 Å². The van der Waals surface area contributed by atoms with Crippen molar-refractivity contribution in [1.82, 2.24) is 10.3 Å². The third kappa shape index (κ3) is 6.53. The Morgan fingerprint density at radius 2 is 1.52 bits per heavy atom. The summed E-state index contributed by atoms with van der Waals surface area (Å²) in [7, 11) is 0. The zero-order valence-electron chi connectivity index (χ0n) is 20.2. The van der Waals surface area contributed by atoms with E-state index in [0.717, 1.165) is 18.3 Å². The second kappa shape index (κ2) is 11.2. The van der Waals surface area contributed by atoms with Crippen LogP contribution in [0.4, 0.5) is 41.2 Å². The predicted octanol–water partition coefficient (Wildman–Crippen LogP) is 8.22. The fourth-order valence-electron chi connectivity index (χ4n) is 4.27. The van der Waals surface area contributed by atoms with Crippen LogP contribution in [0.5, 0.6) is 0 Å². The largest absolute Gasteiger partial charge is 0.416 e. The number of pyridine rings is 1. The van der Waals surface area contributed by atoms with Crippen molar-refractivity contribution >= 4 is 23.3 Å². The number of anilines is 1. The van der Waals surface area contributed by atoms with Crippen LogP contribution in [0.25, 0.3) is 0 Å². The third-order valence-corrected chi connectivity index (χ3v) is 6.22. The molecule has 4 rings (SSSR count). The Morgan fingerprint density at radius 3 is 2.12 bits per heavy atom. The molecule has 0 saturated heterocycles. The van der Waals surface area contributed by atoms with Crippen molar-refractivity contribution in [3.63, 3.8) is 0 Å². The molecular weight excluding hydrogens is 563 g/mol. The van der Waals surface area contributed by atoms with E-state index in [-0.39, 0.29) is 16.4 Å². The van der Waals surface area contributed by atoms with E-state index in [0.29, 0.717) is 23.8 Å². The van der Waals surface area contributed by atoms with Gasteiger partial charge in [-0.1, -0.05) is 48.0 Å². The Bertz CT molecular complexity index is 1490. The van der Waals surface area contributed by atoms with E-state index in [1.54, 1.807) is 18.2 Å². The number of benzene rings is 3. The first-order valence-electron chi connectivity index (χ1n) is 11.6. The molecule has 3 aromatic carbocycles. The zero-order valence-corrected chi connectivity index (χ0v) is 21.0. The number of nitrogens with zero attached hydrogens (tertiary/aromatic N) is 1. The van der Waals surface area contributed by atoms with Crippen LogP contribution in [0.15, 0.2) is 91.1 Å². The Balaban J connectivity index is 2.01. The molecule has 0 aliphatic heterocycles. The highest BCUT2D eigenvalue weighted by Crippen LogP contribution is 2.44. The summed E-state index contributed by atoms with van der Waals surface area (Å²) in [5, 5.41) is 4.87. The lowest BCUT2D eigenvalue weighted by Crippen LogP contribution is -2.51. The van der Waals surface area contributed by atoms with Gasteiger partial charge in [0.25, 0.3) is 0 Å². The molecule has 0 aliphatic carbocycles. The average molecular weight is 582 g/mol. The molecule has 2 amide bonds. The van der Waals surface area contributed by atoms with Crippen LogP contribution in [0.3, 0.4) is 0 Å². The van der Waals surface area contributed by atoms with Gasteiger partial charge in [-0.2, -0.15) is 26.3 Å². The van der Waals surface area contributed by atoms with E-state index in [9.17, 15) is 35.5 Å². The van der Waals surface area contributed by atoms with Gasteiger partial charge in [0.2, 0.25) is 0 Å². The third-order valence-electron chi connectivity index (χ3n) is 6.00. The highest BCUT2D eigenvalue weighted by Gasteiger charge is 2.46. The normalized spacial score (nSPS) is 13.4. The summed E-state index contributed by atoms with van der Waals surface area (Å²) in [5.41, 5.74) is -5.89. The molecule has 0 aliphatic rings. The van der Waals surface area contributed by atoms with Crippen molar-refractivity contribution in [3.05, 3.63) is 130 Å². The summed E-state index contributed by atoms with van der Waals surface area (Å²) in [5.74, 6) is -0.704. The maximum Gasteiger partial charge on any atom is 0.416 e. The van der Waals surface area contributed by atoms with E-state index >= 15 is 0 Å². The van der Waals surface area contributed by atoms with Gasteiger partial charge in [-0.25, -0.2) is 9.18 Å². The summed E-state index contributed by atoms with van der Waals surface area (Å²) in [6.45, 7) is 0. The molecule has 0 radical (unpaired) electrons. The van der Waals surface area contributed by atoms with Gasteiger partial charge < -0.3 is 10.6 Å². The Kier molecular flexibility index (Phi) is 8.06. The standard InChI is InChI=1S/C28H19ClF7N3O/c29-19-10-12-24(37-16-19)26(15-17-5-2-1-3-6-17,39-25(40)38-21-8-4-7-20(30)14-21)23-13-18(27(31,32)33)9-11-22(23)28(34,35)36/h1-14,16H,15H2,(H2,38,39,40)/t26-/m0/s1. The minimum Gasteiger partial charge on any atom is -0.322 e. The van der Waals surface area contributed by atoms with Gasteiger partial charge in [0, 0.05) is 18.3 Å². The summed E-state index contributed by atoms with van der Waals surface area (Å²) >= 11 is 5.96. The molecule has 0 saturated carbocycles. The molecular formula is C28H19ClF7N3O. The van der Waals surface area contributed by atoms with Crippen LogP contribution in [0.1, 0.15) is 27.9 Å². The number of carbonyl (C=O) groups is 1. The van der Waals surface area contributed by atoms with Crippen molar-refractivity contribution in [3.8, 4) is 0 Å². The minimum atomic E-state index is -5.12. The molecule has 0 bridgehead atoms. The van der Waals surface area contributed by atoms with Gasteiger partial charge in [-0.05, 0) is 59.7 Å². The highest BCUT2D eigenvalue weighted by atomic mass is 35.5. The van der Waals surface area contributed by atoms with Gasteiger partial charge >= 0.3 is 18.4 Å². The van der Waals surface area contributed by atoms with Crippen molar-refractivity contribution in [2.75, 3.05) is 5.32 Å². The number of hydrogen-bond acceptors (Lipinski definition) is 2. The first-order valence-corrected chi connectivity index (χ1v) is 12.0. The van der Waals surface area contributed by atoms with Crippen LogP contribution < -0.4 is 10.6 Å². The molecule has 40 heavy (non-hydrogen) atoms. The summed E-state index contributed by atoms with van der Waals surface area (Å²) in [6, 6.07) is 14.9. The SMILES string of the molecule is O=C(Nc1cccc(F)c1)N[C@](Cc1ccccc1)(c1ccc(Cl)cn1)c1cc(C(F)(F)F)ccc1C(F)(F)F. The molecule has 0 unspecified atom stereocenters. The lowest BCUT2D eigenvalue weighted by atomic mass is 9.77. The van der Waals surface area contributed by atoms with E-state index in [4.69, 9.17) is 11.6 Å². The number of nitrogens with one attached hydrogen (secondary N) is 2. The first-order chi connectivity index (χ1) is 18.8. The first kappa shape index (κ1) is 28.9. The summed E-state index contributed by atoms with van der Waals surface area (Å²) < 4.78 is 98.2. The van der Waals surface area contributed by atoms with Crippen molar-refractivity contribution < 1.29 is 35.5 Å². The monoisotopic (exact) mass is 581 g/mol. The average Bonchev–Trinajstić information content (AvgIpc) is 2.88. The maximum atomic E-state index is 14.4. The van der Waals surface area contributed by atoms with Crippen molar-refractivity contribution in [1.29, 1.82) is 0 Å². The van der Waals surface area contributed by atoms with Crippen LogP contribution in [-0.2, 0) is 24.3 Å². The lowest BCUT2D eigenvalue weighted by molar-refractivity contribution is -0.142. The predicted molar refractivity (Wildman–Crippen MR) is 135 cm³/mol. The zero-order chi connectivity index (χ0) is 29.1. The molecule has 1 heterocycles. The van der Waals surface area contributed by atoms with E-state index in [1.807, 2.05) is 0 Å². The van der Waals surface area contributed by atoms with Gasteiger partial charge in [0.05, 0.1) is 21.8 Å². The second-order valence-electron chi connectivity index (χ2n) is 8.77. The smallest absolute Gasteiger partial charge is 0.322 e.